The molecule has 96 valence electrons. The molecular formula is C10H8N6O3. The Bertz CT molecular complexity index is 660. The zero-order valence-corrected chi connectivity index (χ0v) is 9.82. The third-order valence-electron chi connectivity index (χ3n) is 2.21. The molecule has 9 heteroatoms. The monoisotopic (exact) mass is 260 g/mol. The molecule has 0 aliphatic rings. The van der Waals surface area contributed by atoms with Crippen LogP contribution in [0.25, 0.3) is 0 Å². The minimum absolute atomic E-state index is 0.00787. The molecule has 1 N–H and O–H groups in total. The average molecular weight is 260 g/mol. The number of nitriles is 1. The fraction of sp³-hybridized carbons (Fsp3) is 0.200. The van der Waals surface area contributed by atoms with E-state index in [0.717, 1.165) is 0 Å². The maximum absolute atomic E-state index is 10.9. The normalized spacial score (nSPS) is 9.89. The predicted octanol–water partition coefficient (Wildman–Crippen LogP) is 1.16. The first-order valence-electron chi connectivity index (χ1n) is 5.18. The molecule has 0 amide bonds. The lowest BCUT2D eigenvalue weighted by Crippen LogP contribution is -2.07. The second-order valence-electron chi connectivity index (χ2n) is 3.51. The van der Waals surface area contributed by atoms with Gasteiger partial charge < -0.3 is 9.84 Å². The molecule has 0 radical (unpaired) electrons. The van der Waals surface area contributed by atoms with Gasteiger partial charge >= 0.3 is 5.69 Å². The second kappa shape index (κ2) is 5.09. The lowest BCUT2D eigenvalue weighted by molar-refractivity contribution is -0.384. The first-order valence-corrected chi connectivity index (χ1v) is 5.18. The molecule has 0 aliphatic heterocycles. The summed E-state index contributed by atoms with van der Waals surface area (Å²) in [5.74, 6) is 0.729. The average Bonchev–Trinajstić information content (AvgIpc) is 2.81. The van der Waals surface area contributed by atoms with E-state index in [1.165, 1.54) is 12.3 Å². The highest BCUT2D eigenvalue weighted by Crippen LogP contribution is 2.25. The van der Waals surface area contributed by atoms with Gasteiger partial charge in [0.25, 0.3) is 0 Å². The summed E-state index contributed by atoms with van der Waals surface area (Å²) in [5, 5.41) is 26.1. The minimum Gasteiger partial charge on any atom is -0.357 e. The standard InChI is InChI=1S/C10H8N6O3/c1-6-14-8(15-19-6)5-13-10-9(16(17)18)7(4-11)2-3-12-10/h2-3H,5H2,1H3,(H,12,13). The van der Waals surface area contributed by atoms with Gasteiger partial charge in [-0.05, 0) is 6.07 Å². The van der Waals surface area contributed by atoms with Gasteiger partial charge in [0.15, 0.2) is 5.82 Å². The third kappa shape index (κ3) is 2.63. The third-order valence-corrected chi connectivity index (χ3v) is 2.21. The van der Waals surface area contributed by atoms with E-state index in [0.29, 0.717) is 11.7 Å². The molecule has 0 aromatic carbocycles. The van der Waals surface area contributed by atoms with Crippen molar-refractivity contribution in [2.45, 2.75) is 13.5 Å². The van der Waals surface area contributed by atoms with Crippen LogP contribution in [0.4, 0.5) is 11.5 Å². The Hall–Kier alpha value is -3.02. The summed E-state index contributed by atoms with van der Waals surface area (Å²) in [6.07, 6.45) is 1.31. The first kappa shape index (κ1) is 12.4. The lowest BCUT2D eigenvalue weighted by atomic mass is 10.2. The Kier molecular flexibility index (Phi) is 3.33. The number of hydrogen-bond acceptors (Lipinski definition) is 8. The van der Waals surface area contributed by atoms with Gasteiger partial charge in [-0.15, -0.1) is 0 Å². The zero-order chi connectivity index (χ0) is 13.8. The number of aryl methyl sites for hydroxylation is 1. The van der Waals surface area contributed by atoms with E-state index in [2.05, 4.69) is 20.4 Å². The van der Waals surface area contributed by atoms with Crippen molar-refractivity contribution in [2.24, 2.45) is 0 Å². The van der Waals surface area contributed by atoms with Crippen molar-refractivity contribution < 1.29 is 9.45 Å². The molecule has 0 aliphatic carbocycles. The summed E-state index contributed by atoms with van der Waals surface area (Å²) in [6, 6.07) is 3.03. The van der Waals surface area contributed by atoms with E-state index in [1.807, 2.05) is 0 Å². The molecule has 0 spiro atoms. The number of nitrogens with one attached hydrogen (secondary N) is 1. The minimum atomic E-state index is -0.657. The van der Waals surface area contributed by atoms with E-state index < -0.39 is 4.92 Å². The Labute approximate surface area is 107 Å². The Balaban J connectivity index is 2.25. The van der Waals surface area contributed by atoms with Crippen LogP contribution in [0.2, 0.25) is 0 Å². The molecular weight excluding hydrogens is 252 g/mol. The summed E-state index contributed by atoms with van der Waals surface area (Å²) in [7, 11) is 0. The summed E-state index contributed by atoms with van der Waals surface area (Å²) in [4.78, 5) is 18.1. The number of hydrogen-bond donors (Lipinski definition) is 1. The number of anilines is 1. The maximum atomic E-state index is 10.9. The maximum Gasteiger partial charge on any atom is 0.328 e. The molecule has 0 unspecified atom stereocenters. The molecule has 2 aromatic heterocycles. The Morgan fingerprint density at radius 1 is 1.63 bits per heavy atom. The smallest absolute Gasteiger partial charge is 0.328 e. The van der Waals surface area contributed by atoms with Gasteiger partial charge in [-0.2, -0.15) is 10.2 Å². The highest BCUT2D eigenvalue weighted by atomic mass is 16.6. The quantitative estimate of drug-likeness (QED) is 0.639. The van der Waals surface area contributed by atoms with Gasteiger partial charge in [-0.25, -0.2) is 4.98 Å². The van der Waals surface area contributed by atoms with E-state index in [9.17, 15) is 10.1 Å². The van der Waals surface area contributed by atoms with Gasteiger partial charge in [0.2, 0.25) is 11.7 Å². The lowest BCUT2D eigenvalue weighted by Gasteiger charge is -2.04. The fourth-order valence-electron chi connectivity index (χ4n) is 1.43. The van der Waals surface area contributed by atoms with Crippen LogP contribution < -0.4 is 5.32 Å². The van der Waals surface area contributed by atoms with Crippen molar-refractivity contribution >= 4 is 11.5 Å². The molecule has 0 bridgehead atoms. The Morgan fingerprint density at radius 2 is 2.42 bits per heavy atom. The van der Waals surface area contributed by atoms with Crippen LogP contribution in [0.5, 0.6) is 0 Å². The molecule has 2 rings (SSSR count). The molecule has 9 nitrogen and oxygen atoms in total. The number of pyridine rings is 1. The number of nitro groups is 1. The SMILES string of the molecule is Cc1nc(CNc2nccc(C#N)c2[N+](=O)[O-])no1. The van der Waals surface area contributed by atoms with Crippen LogP contribution >= 0.6 is 0 Å². The van der Waals surface area contributed by atoms with Gasteiger partial charge in [0, 0.05) is 13.1 Å². The van der Waals surface area contributed by atoms with Crippen molar-refractivity contribution in [1.29, 1.82) is 5.26 Å². The summed E-state index contributed by atoms with van der Waals surface area (Å²) in [6.45, 7) is 1.74. The van der Waals surface area contributed by atoms with E-state index in [1.54, 1.807) is 13.0 Å². The molecule has 0 saturated heterocycles. The zero-order valence-electron chi connectivity index (χ0n) is 9.82. The van der Waals surface area contributed by atoms with E-state index in [-0.39, 0.29) is 23.6 Å². The fourth-order valence-corrected chi connectivity index (χ4v) is 1.43. The van der Waals surface area contributed by atoms with Crippen molar-refractivity contribution in [2.75, 3.05) is 5.32 Å². The van der Waals surface area contributed by atoms with Crippen molar-refractivity contribution in [3.8, 4) is 6.07 Å². The molecule has 19 heavy (non-hydrogen) atoms. The topological polar surface area (TPSA) is 131 Å². The van der Waals surface area contributed by atoms with Crippen LogP contribution in [0.3, 0.4) is 0 Å². The number of rotatable bonds is 4. The van der Waals surface area contributed by atoms with Gasteiger partial charge in [-0.3, -0.25) is 10.1 Å². The number of aromatic nitrogens is 3. The predicted molar refractivity (Wildman–Crippen MR) is 62.0 cm³/mol. The molecule has 0 saturated carbocycles. The second-order valence-corrected chi connectivity index (χ2v) is 3.51. The highest BCUT2D eigenvalue weighted by molar-refractivity contribution is 5.63. The van der Waals surface area contributed by atoms with Crippen LogP contribution in [0.15, 0.2) is 16.8 Å². The molecule has 2 aromatic rings. The van der Waals surface area contributed by atoms with Crippen molar-refractivity contribution in [3.63, 3.8) is 0 Å². The van der Waals surface area contributed by atoms with Crippen LogP contribution in [0.1, 0.15) is 17.3 Å². The molecule has 2 heterocycles. The highest BCUT2D eigenvalue weighted by Gasteiger charge is 2.21. The Morgan fingerprint density at radius 3 is 3.00 bits per heavy atom. The summed E-state index contributed by atoms with van der Waals surface area (Å²) in [5.41, 5.74) is -0.433. The largest absolute Gasteiger partial charge is 0.357 e. The summed E-state index contributed by atoms with van der Waals surface area (Å²) >= 11 is 0. The van der Waals surface area contributed by atoms with Crippen LogP contribution in [0, 0.1) is 28.4 Å². The molecule has 0 fully saturated rings. The van der Waals surface area contributed by atoms with Crippen LogP contribution in [-0.2, 0) is 6.54 Å². The molecule has 0 atom stereocenters. The first-order chi connectivity index (χ1) is 9.11. The van der Waals surface area contributed by atoms with Crippen molar-refractivity contribution in [3.05, 3.63) is 39.7 Å². The van der Waals surface area contributed by atoms with Gasteiger partial charge in [-0.1, -0.05) is 5.16 Å². The van der Waals surface area contributed by atoms with E-state index in [4.69, 9.17) is 9.78 Å². The van der Waals surface area contributed by atoms with Gasteiger partial charge in [0.1, 0.15) is 11.6 Å². The number of nitrogens with zero attached hydrogens (tertiary/aromatic N) is 5. The van der Waals surface area contributed by atoms with E-state index >= 15 is 0 Å². The van der Waals surface area contributed by atoms with Crippen LogP contribution in [-0.4, -0.2) is 20.0 Å². The summed E-state index contributed by atoms with van der Waals surface area (Å²) < 4.78 is 4.77. The van der Waals surface area contributed by atoms with Gasteiger partial charge in [0.05, 0.1) is 11.5 Å². The van der Waals surface area contributed by atoms with Crippen molar-refractivity contribution in [1.82, 2.24) is 15.1 Å².